The van der Waals surface area contributed by atoms with Crippen LogP contribution in [0.3, 0.4) is 0 Å². The predicted octanol–water partition coefficient (Wildman–Crippen LogP) is 5.67. The molecule has 3 N–H and O–H groups in total. The van der Waals surface area contributed by atoms with Gasteiger partial charge in [0.05, 0.1) is 33.0 Å². The molecule has 0 spiro atoms. The summed E-state index contributed by atoms with van der Waals surface area (Å²) >= 11 is 1.38. The van der Waals surface area contributed by atoms with Crippen molar-refractivity contribution in [2.75, 3.05) is 17.2 Å². The first-order valence-corrected chi connectivity index (χ1v) is 13.6. The Labute approximate surface area is 233 Å². The van der Waals surface area contributed by atoms with E-state index in [-0.39, 0.29) is 18.2 Å². The van der Waals surface area contributed by atoms with Crippen LogP contribution in [0.1, 0.15) is 25.6 Å². The number of imidazole rings is 1. The maximum atomic E-state index is 13.2. The maximum absolute atomic E-state index is 13.2. The minimum Gasteiger partial charge on any atom is -0.378 e. The summed E-state index contributed by atoms with van der Waals surface area (Å²) in [7, 11) is 0. The molecule has 0 fully saturated rings. The van der Waals surface area contributed by atoms with Crippen LogP contribution in [0.4, 0.5) is 11.6 Å². The first-order valence-electron chi connectivity index (χ1n) is 12.8. The number of pyridine rings is 1. The number of hydrogen-bond donors (Lipinski definition) is 3. The van der Waals surface area contributed by atoms with Crippen LogP contribution in [-0.4, -0.2) is 43.0 Å². The van der Waals surface area contributed by atoms with Crippen LogP contribution < -0.4 is 10.6 Å². The quantitative estimate of drug-likeness (QED) is 0.190. The fraction of sp³-hybridized carbons (Fsp3) is 0.100. The molecule has 6 rings (SSSR count). The third-order valence-electron chi connectivity index (χ3n) is 6.47. The lowest BCUT2D eigenvalue weighted by molar-refractivity contribution is 0.100. The Morgan fingerprint density at radius 3 is 2.65 bits per heavy atom. The van der Waals surface area contributed by atoms with Gasteiger partial charge in [0.15, 0.2) is 5.78 Å². The predicted molar refractivity (Wildman–Crippen MR) is 157 cm³/mol. The number of amides is 1. The van der Waals surface area contributed by atoms with Gasteiger partial charge >= 0.3 is 0 Å². The Kier molecular flexibility index (Phi) is 7.14. The molecule has 0 aliphatic rings. The van der Waals surface area contributed by atoms with Crippen molar-refractivity contribution in [3.05, 3.63) is 113 Å². The lowest BCUT2D eigenvalue weighted by Gasteiger charge is -2.10. The number of rotatable bonds is 10. The second-order valence-electron chi connectivity index (χ2n) is 9.13. The van der Waals surface area contributed by atoms with E-state index in [9.17, 15) is 9.59 Å². The van der Waals surface area contributed by atoms with Gasteiger partial charge in [-0.25, -0.2) is 4.98 Å². The summed E-state index contributed by atoms with van der Waals surface area (Å²) in [6.45, 7) is 0.763. The van der Waals surface area contributed by atoms with E-state index >= 15 is 0 Å². The van der Waals surface area contributed by atoms with Crippen molar-refractivity contribution in [1.29, 1.82) is 0 Å². The third kappa shape index (κ3) is 5.52. The number of anilines is 2. The Hall–Kier alpha value is -5.09. The van der Waals surface area contributed by atoms with Crippen LogP contribution in [0.15, 0.2) is 97.5 Å². The zero-order valence-corrected chi connectivity index (χ0v) is 22.2. The SMILES string of the molecule is O=C(CNc1ccc2c(c1)nc(NC(=O)c1ccc(-c3ccn[nH]3)s1)n2CCc1cccnc1)c1ccccc1. The Bertz CT molecular complexity index is 1760. The summed E-state index contributed by atoms with van der Waals surface area (Å²) in [5, 5.41) is 13.1. The summed E-state index contributed by atoms with van der Waals surface area (Å²) in [4.78, 5) is 36.3. The summed E-state index contributed by atoms with van der Waals surface area (Å²) in [6, 6.07) is 24.5. The number of aromatic amines is 1. The van der Waals surface area contributed by atoms with Gasteiger partial charge in [0, 0.05) is 36.4 Å². The second kappa shape index (κ2) is 11.3. The lowest BCUT2D eigenvalue weighted by atomic mass is 10.1. The highest BCUT2D eigenvalue weighted by Crippen LogP contribution is 2.28. The van der Waals surface area contributed by atoms with Crippen molar-refractivity contribution in [2.24, 2.45) is 0 Å². The van der Waals surface area contributed by atoms with Gasteiger partial charge in [0.25, 0.3) is 5.91 Å². The van der Waals surface area contributed by atoms with E-state index in [1.165, 1.54) is 11.3 Å². The molecule has 0 aliphatic carbocycles. The molecular weight excluding hydrogens is 522 g/mol. The smallest absolute Gasteiger partial charge is 0.268 e. The van der Waals surface area contributed by atoms with Crippen LogP contribution in [0.2, 0.25) is 0 Å². The van der Waals surface area contributed by atoms with Gasteiger partial charge in [0.1, 0.15) is 0 Å². The zero-order chi connectivity index (χ0) is 27.3. The van der Waals surface area contributed by atoms with Crippen molar-refractivity contribution in [3.63, 3.8) is 0 Å². The van der Waals surface area contributed by atoms with Gasteiger partial charge in [-0.3, -0.25) is 25.0 Å². The average Bonchev–Trinajstić information content (AvgIpc) is 3.76. The number of thiophene rings is 1. The van der Waals surface area contributed by atoms with Crippen molar-refractivity contribution in [2.45, 2.75) is 13.0 Å². The first-order chi connectivity index (χ1) is 19.6. The van der Waals surface area contributed by atoms with Gasteiger partial charge in [-0.1, -0.05) is 36.4 Å². The third-order valence-corrected chi connectivity index (χ3v) is 7.58. The number of Topliss-reactive ketones (excluding diaryl/α,β-unsaturated/α-hetero) is 1. The van der Waals surface area contributed by atoms with Gasteiger partial charge in [-0.15, -0.1) is 11.3 Å². The molecule has 0 unspecified atom stereocenters. The standard InChI is InChI=1S/C30H25N7O2S/c38-26(21-6-2-1-3-7-21)19-32-22-8-9-25-24(17-22)34-30(37(25)16-13-20-5-4-14-31-18-20)35-29(39)28-11-10-27(40-28)23-12-15-33-36-23/h1-12,14-15,17-18,32H,13,16,19H2,(H,33,36)(H,34,35,39). The molecule has 2 aromatic carbocycles. The number of H-pyrrole nitrogens is 1. The molecule has 9 nitrogen and oxygen atoms in total. The van der Waals surface area contributed by atoms with Gasteiger partial charge < -0.3 is 9.88 Å². The zero-order valence-electron chi connectivity index (χ0n) is 21.4. The van der Waals surface area contributed by atoms with E-state index in [1.807, 2.05) is 71.4 Å². The maximum Gasteiger partial charge on any atom is 0.268 e. The van der Waals surface area contributed by atoms with Gasteiger partial charge in [-0.2, -0.15) is 5.10 Å². The monoisotopic (exact) mass is 547 g/mol. The topological polar surface area (TPSA) is 118 Å². The minimum absolute atomic E-state index is 0.00101. The number of carbonyl (C=O) groups excluding carboxylic acids is 2. The minimum atomic E-state index is -0.236. The number of carbonyl (C=O) groups is 2. The highest BCUT2D eigenvalue weighted by atomic mass is 32.1. The molecule has 0 aliphatic heterocycles. The van der Waals surface area contributed by atoms with Crippen molar-refractivity contribution >= 4 is 45.7 Å². The van der Waals surface area contributed by atoms with E-state index in [0.717, 1.165) is 33.8 Å². The second-order valence-corrected chi connectivity index (χ2v) is 10.2. The van der Waals surface area contributed by atoms with Crippen molar-refractivity contribution in [3.8, 4) is 10.6 Å². The fourth-order valence-electron chi connectivity index (χ4n) is 4.42. The Morgan fingerprint density at radius 1 is 0.950 bits per heavy atom. The number of fused-ring (bicyclic) bond motifs is 1. The summed E-state index contributed by atoms with van der Waals surface area (Å²) in [5.41, 5.74) is 4.96. The number of nitrogens with zero attached hydrogens (tertiary/aromatic N) is 4. The molecule has 0 saturated carbocycles. The van der Waals surface area contributed by atoms with E-state index in [4.69, 9.17) is 4.98 Å². The molecule has 10 heteroatoms. The van der Waals surface area contributed by atoms with Gasteiger partial charge in [-0.05, 0) is 54.4 Å². The van der Waals surface area contributed by atoms with E-state index in [0.29, 0.717) is 28.5 Å². The van der Waals surface area contributed by atoms with E-state index in [1.54, 1.807) is 30.6 Å². The normalized spacial score (nSPS) is 11.0. The van der Waals surface area contributed by atoms with Crippen LogP contribution in [0, 0.1) is 0 Å². The summed E-state index contributed by atoms with van der Waals surface area (Å²) < 4.78 is 2.00. The molecular formula is C30H25N7O2S. The summed E-state index contributed by atoms with van der Waals surface area (Å²) in [6.07, 6.45) is 5.99. The Balaban J connectivity index is 1.25. The van der Waals surface area contributed by atoms with E-state index < -0.39 is 0 Å². The van der Waals surface area contributed by atoms with Crippen LogP contribution in [0.5, 0.6) is 0 Å². The molecule has 1 amide bonds. The molecule has 0 saturated heterocycles. The highest BCUT2D eigenvalue weighted by molar-refractivity contribution is 7.17. The van der Waals surface area contributed by atoms with Crippen LogP contribution >= 0.6 is 11.3 Å². The highest BCUT2D eigenvalue weighted by Gasteiger charge is 2.17. The first kappa shape index (κ1) is 25.2. The van der Waals surface area contributed by atoms with Crippen molar-refractivity contribution < 1.29 is 9.59 Å². The van der Waals surface area contributed by atoms with Crippen molar-refractivity contribution in [1.82, 2.24) is 24.7 Å². The Morgan fingerprint density at radius 2 is 1.85 bits per heavy atom. The number of aryl methyl sites for hydroxylation is 2. The molecule has 198 valence electrons. The number of hydrogen-bond acceptors (Lipinski definition) is 7. The molecule has 0 radical (unpaired) electrons. The number of nitrogens with one attached hydrogen (secondary N) is 3. The summed E-state index contributed by atoms with van der Waals surface area (Å²) in [5.74, 6) is 0.222. The van der Waals surface area contributed by atoms with Crippen LogP contribution in [0.25, 0.3) is 21.6 Å². The molecule has 40 heavy (non-hydrogen) atoms. The number of aromatic nitrogens is 5. The average molecular weight is 548 g/mol. The molecule has 0 atom stereocenters. The largest absolute Gasteiger partial charge is 0.378 e. The molecule has 4 aromatic heterocycles. The lowest BCUT2D eigenvalue weighted by Crippen LogP contribution is -2.15. The van der Waals surface area contributed by atoms with E-state index in [2.05, 4.69) is 25.8 Å². The fourth-order valence-corrected chi connectivity index (χ4v) is 5.29. The number of ketones is 1. The van der Waals surface area contributed by atoms with Gasteiger partial charge in [0.2, 0.25) is 5.95 Å². The number of benzene rings is 2. The molecule has 4 heterocycles. The molecule has 0 bridgehead atoms. The molecule has 6 aromatic rings. The van der Waals surface area contributed by atoms with Crippen LogP contribution in [-0.2, 0) is 13.0 Å².